The number of methoxy groups -OCH3 is 2. The van der Waals surface area contributed by atoms with Gasteiger partial charge in [-0.15, -0.1) is 0 Å². The molecule has 43 heavy (non-hydrogen) atoms. The zero-order valence-corrected chi connectivity index (χ0v) is 25.2. The first-order chi connectivity index (χ1) is 20.8. The average Bonchev–Trinajstić information content (AvgIpc) is 3.62. The number of likely N-dealkylation sites (tertiary alicyclic amines) is 1. The second-order valence-corrected chi connectivity index (χ2v) is 11.1. The van der Waals surface area contributed by atoms with E-state index in [1.165, 1.54) is 0 Å². The zero-order valence-electron chi connectivity index (χ0n) is 25.2. The number of aromatic nitrogens is 1. The molecule has 10 heteroatoms. The summed E-state index contributed by atoms with van der Waals surface area (Å²) in [7, 11) is 5.09. The molecule has 3 aromatic rings. The van der Waals surface area contributed by atoms with E-state index in [0.29, 0.717) is 42.5 Å². The van der Waals surface area contributed by atoms with Crippen LogP contribution in [0.2, 0.25) is 0 Å². The molecular weight excluding hydrogens is 550 g/mol. The van der Waals surface area contributed by atoms with Crippen LogP contribution in [0, 0.1) is 5.92 Å². The Morgan fingerprint density at radius 3 is 2.60 bits per heavy atom. The Morgan fingerprint density at radius 1 is 1.09 bits per heavy atom. The van der Waals surface area contributed by atoms with Gasteiger partial charge in [-0.1, -0.05) is 31.5 Å². The molecule has 1 aromatic heterocycles. The summed E-state index contributed by atoms with van der Waals surface area (Å²) in [5.41, 5.74) is 2.47. The molecule has 1 unspecified atom stereocenters. The van der Waals surface area contributed by atoms with Gasteiger partial charge in [-0.25, -0.2) is 4.57 Å². The fourth-order valence-electron chi connectivity index (χ4n) is 6.25. The van der Waals surface area contributed by atoms with Gasteiger partial charge in [0, 0.05) is 31.1 Å². The molecule has 3 heterocycles. The molecule has 3 atom stereocenters. The Kier molecular flexibility index (Phi) is 9.35. The van der Waals surface area contributed by atoms with Crippen LogP contribution >= 0.6 is 0 Å². The first kappa shape index (κ1) is 30.2. The molecule has 1 saturated heterocycles. The van der Waals surface area contributed by atoms with Gasteiger partial charge >= 0.3 is 5.97 Å². The number of rotatable bonds is 12. The van der Waals surface area contributed by atoms with Crippen LogP contribution in [0.4, 0.5) is 5.69 Å². The Bertz CT molecular complexity index is 1460. The molecule has 0 saturated carbocycles. The van der Waals surface area contributed by atoms with Crippen LogP contribution in [0.1, 0.15) is 36.8 Å². The van der Waals surface area contributed by atoms with Gasteiger partial charge in [0.2, 0.25) is 18.4 Å². The number of hydrogen-bond donors (Lipinski definition) is 1. The lowest BCUT2D eigenvalue weighted by atomic mass is 9.83. The number of anilines is 1. The molecule has 1 amide bonds. The van der Waals surface area contributed by atoms with Gasteiger partial charge in [0.05, 0.1) is 26.7 Å². The van der Waals surface area contributed by atoms with Crippen molar-refractivity contribution in [2.75, 3.05) is 45.5 Å². The number of fused-ring (bicyclic) bond motifs is 1. The van der Waals surface area contributed by atoms with E-state index in [1.54, 1.807) is 14.2 Å². The minimum Gasteiger partial charge on any atom is -0.496 e. The highest BCUT2D eigenvalue weighted by molar-refractivity contribution is 5.94. The maximum atomic E-state index is 14.1. The standard InChI is InChI=1S/C33H39N3O7/c1-5-6-14-36(24-11-9-13-34(2)18-24)30(37)20-35-19-25(23-16-28(41-4)32-29(17-23)42-21-43-32)31(33(38)39)26(35)15-22-10-7-8-12-27(22)40-3/h7-13,16-18,25-26,31H,5-6,14-15,19-21H2,1-4H3/p+1/t25-,26+,31?/m1/s1. The minimum atomic E-state index is -0.922. The van der Waals surface area contributed by atoms with Crippen molar-refractivity contribution in [2.24, 2.45) is 13.0 Å². The summed E-state index contributed by atoms with van der Waals surface area (Å²) in [4.78, 5) is 30.9. The molecule has 5 rings (SSSR count). The van der Waals surface area contributed by atoms with Gasteiger partial charge in [-0.3, -0.25) is 14.5 Å². The zero-order chi connectivity index (χ0) is 30.5. The van der Waals surface area contributed by atoms with Gasteiger partial charge in [-0.05, 0) is 48.2 Å². The van der Waals surface area contributed by atoms with Crippen molar-refractivity contribution in [3.8, 4) is 23.0 Å². The quantitative estimate of drug-likeness (QED) is 0.318. The molecule has 1 N–H and O–H groups in total. The van der Waals surface area contributed by atoms with Crippen molar-refractivity contribution in [3.05, 3.63) is 72.1 Å². The number of carbonyl (C=O) groups excluding carboxylic acids is 1. The highest BCUT2D eigenvalue weighted by Crippen LogP contribution is 2.47. The van der Waals surface area contributed by atoms with E-state index in [4.69, 9.17) is 18.9 Å². The molecular formula is C33H40N3O7+. The molecule has 0 bridgehead atoms. The van der Waals surface area contributed by atoms with Crippen LogP contribution in [0.25, 0.3) is 0 Å². The number of carboxylic acids is 1. The summed E-state index contributed by atoms with van der Waals surface area (Å²) in [6.45, 7) is 3.19. The van der Waals surface area contributed by atoms with Crippen LogP contribution in [0.3, 0.4) is 0 Å². The summed E-state index contributed by atoms with van der Waals surface area (Å²) in [5.74, 6) is -0.00558. The number of nitrogens with zero attached hydrogens (tertiary/aromatic N) is 3. The number of carboxylic acid groups (broad SMARTS) is 1. The highest BCUT2D eigenvalue weighted by atomic mass is 16.7. The molecule has 0 aliphatic carbocycles. The smallest absolute Gasteiger partial charge is 0.308 e. The lowest BCUT2D eigenvalue weighted by Gasteiger charge is -2.29. The number of benzene rings is 2. The van der Waals surface area contributed by atoms with Crippen molar-refractivity contribution in [2.45, 2.75) is 38.1 Å². The van der Waals surface area contributed by atoms with Gasteiger partial charge < -0.3 is 29.0 Å². The number of amides is 1. The Morgan fingerprint density at radius 2 is 1.88 bits per heavy atom. The van der Waals surface area contributed by atoms with Gasteiger partial charge in [0.25, 0.3) is 0 Å². The Balaban J connectivity index is 1.53. The lowest BCUT2D eigenvalue weighted by molar-refractivity contribution is -0.670. The molecule has 10 nitrogen and oxygen atoms in total. The van der Waals surface area contributed by atoms with Crippen LogP contribution in [-0.2, 0) is 23.1 Å². The summed E-state index contributed by atoms with van der Waals surface area (Å²) in [6, 6.07) is 14.7. The number of carbonyl (C=O) groups is 2. The van der Waals surface area contributed by atoms with E-state index in [0.717, 1.165) is 29.7 Å². The van der Waals surface area contributed by atoms with Crippen molar-refractivity contribution >= 4 is 17.6 Å². The Hall–Kier alpha value is -4.31. The number of unbranched alkanes of at least 4 members (excludes halogenated alkanes) is 1. The number of pyridine rings is 1. The van der Waals surface area contributed by atoms with E-state index >= 15 is 0 Å². The van der Waals surface area contributed by atoms with Crippen LogP contribution in [0.5, 0.6) is 23.0 Å². The average molecular weight is 591 g/mol. The second-order valence-electron chi connectivity index (χ2n) is 11.1. The van der Waals surface area contributed by atoms with Crippen LogP contribution in [0.15, 0.2) is 60.9 Å². The normalized spacial score (nSPS) is 19.3. The predicted molar refractivity (Wildman–Crippen MR) is 160 cm³/mol. The molecule has 1 fully saturated rings. The van der Waals surface area contributed by atoms with Gasteiger partial charge in [0.1, 0.15) is 18.5 Å². The second kappa shape index (κ2) is 13.3. The monoisotopic (exact) mass is 590 g/mol. The third-order valence-electron chi connectivity index (χ3n) is 8.37. The molecule has 2 aromatic carbocycles. The van der Waals surface area contributed by atoms with Gasteiger partial charge in [0.15, 0.2) is 23.9 Å². The number of aryl methyl sites for hydroxylation is 1. The Labute approximate surface area is 252 Å². The first-order valence-corrected chi connectivity index (χ1v) is 14.7. The number of hydrogen-bond acceptors (Lipinski definition) is 7. The van der Waals surface area contributed by atoms with Crippen LogP contribution < -0.4 is 28.4 Å². The maximum absolute atomic E-state index is 14.1. The third kappa shape index (κ3) is 6.39. The predicted octanol–water partition coefficient (Wildman–Crippen LogP) is 3.80. The first-order valence-electron chi connectivity index (χ1n) is 14.7. The topological polar surface area (TPSA) is 102 Å². The van der Waals surface area contributed by atoms with Gasteiger partial charge in [-0.2, -0.15) is 0 Å². The van der Waals surface area contributed by atoms with Crippen molar-refractivity contribution < 1.29 is 38.2 Å². The molecule has 0 spiro atoms. The van der Waals surface area contributed by atoms with Crippen molar-refractivity contribution in [1.29, 1.82) is 0 Å². The molecule has 228 valence electrons. The maximum Gasteiger partial charge on any atom is 0.308 e. The number of aliphatic carboxylic acids is 1. The van der Waals surface area contributed by atoms with Crippen LogP contribution in [-0.4, -0.2) is 68.6 Å². The molecule has 2 aliphatic rings. The van der Waals surface area contributed by atoms with E-state index in [9.17, 15) is 14.7 Å². The summed E-state index contributed by atoms with van der Waals surface area (Å²) < 4.78 is 24.4. The summed E-state index contributed by atoms with van der Waals surface area (Å²) in [6.07, 6.45) is 6.06. The van der Waals surface area contributed by atoms with E-state index in [-0.39, 0.29) is 19.2 Å². The summed E-state index contributed by atoms with van der Waals surface area (Å²) >= 11 is 0. The number of ether oxygens (including phenoxy) is 4. The van der Waals surface area contributed by atoms with E-state index < -0.39 is 23.8 Å². The fourth-order valence-corrected chi connectivity index (χ4v) is 6.25. The van der Waals surface area contributed by atoms with Crippen molar-refractivity contribution in [1.82, 2.24) is 4.90 Å². The molecule has 0 radical (unpaired) electrons. The summed E-state index contributed by atoms with van der Waals surface area (Å²) in [5, 5.41) is 10.7. The largest absolute Gasteiger partial charge is 0.496 e. The minimum absolute atomic E-state index is 0.0715. The van der Waals surface area contributed by atoms with E-state index in [2.05, 4.69) is 6.92 Å². The third-order valence-corrected chi connectivity index (χ3v) is 8.37. The fraction of sp³-hybridized carbons (Fsp3) is 0.424. The highest BCUT2D eigenvalue weighted by Gasteiger charge is 2.48. The van der Waals surface area contributed by atoms with Crippen molar-refractivity contribution in [3.63, 3.8) is 0 Å². The SMILES string of the molecule is CCCCN(C(=O)CN1C[C@H](c2cc(OC)c3c(c2)OCO3)C(C(=O)O)[C@@H]1Cc1ccccc1OC)c1ccc[n+](C)c1. The lowest BCUT2D eigenvalue weighted by Crippen LogP contribution is -2.46. The molecule has 2 aliphatic heterocycles. The van der Waals surface area contributed by atoms with E-state index in [1.807, 2.05) is 82.3 Å². The number of para-hydroxylation sites is 1.